The average molecular weight is 326 g/mol. The Balaban J connectivity index is 1.91. The molecule has 0 bridgehead atoms. The fraction of sp³-hybridized carbons (Fsp3) is 0.263. The first kappa shape index (κ1) is 17.7. The Morgan fingerprint density at radius 2 is 1.75 bits per heavy atom. The molecule has 126 valence electrons. The largest absolute Gasteiger partial charge is 0.392 e. The van der Waals surface area contributed by atoms with E-state index in [2.05, 4.69) is 5.32 Å². The molecule has 2 N–H and O–H groups in total. The van der Waals surface area contributed by atoms with Crippen LogP contribution in [-0.4, -0.2) is 34.9 Å². The molecule has 2 aromatic rings. The molecule has 0 atom stereocenters. The Morgan fingerprint density at radius 1 is 1.04 bits per heavy atom. The molecule has 0 radical (unpaired) electrons. The molecule has 0 fully saturated rings. The van der Waals surface area contributed by atoms with Crippen molar-refractivity contribution in [2.24, 2.45) is 0 Å². The van der Waals surface area contributed by atoms with Gasteiger partial charge in [0.15, 0.2) is 0 Å². The SMILES string of the molecule is CC(=O)N(CCc1ccccc1)CC(=O)Nc1cccc(CO)c1. The Bertz CT molecular complexity index is 686. The maximum absolute atomic E-state index is 12.2. The van der Waals surface area contributed by atoms with Crippen LogP contribution in [0.25, 0.3) is 0 Å². The van der Waals surface area contributed by atoms with Crippen molar-refractivity contribution in [2.45, 2.75) is 20.0 Å². The lowest BCUT2D eigenvalue weighted by atomic mass is 10.1. The normalized spacial score (nSPS) is 10.2. The van der Waals surface area contributed by atoms with E-state index < -0.39 is 0 Å². The second-order valence-corrected chi connectivity index (χ2v) is 5.58. The highest BCUT2D eigenvalue weighted by Crippen LogP contribution is 2.11. The molecule has 24 heavy (non-hydrogen) atoms. The van der Waals surface area contributed by atoms with E-state index in [1.54, 1.807) is 24.3 Å². The van der Waals surface area contributed by atoms with E-state index in [1.165, 1.54) is 11.8 Å². The summed E-state index contributed by atoms with van der Waals surface area (Å²) in [5.74, 6) is -0.390. The van der Waals surface area contributed by atoms with Gasteiger partial charge < -0.3 is 15.3 Å². The summed E-state index contributed by atoms with van der Waals surface area (Å²) in [6.45, 7) is 1.87. The van der Waals surface area contributed by atoms with Gasteiger partial charge in [-0.05, 0) is 29.7 Å². The molecule has 0 heterocycles. The van der Waals surface area contributed by atoms with Gasteiger partial charge in [-0.3, -0.25) is 9.59 Å². The van der Waals surface area contributed by atoms with E-state index >= 15 is 0 Å². The van der Waals surface area contributed by atoms with Gasteiger partial charge in [0.2, 0.25) is 11.8 Å². The van der Waals surface area contributed by atoms with Gasteiger partial charge >= 0.3 is 0 Å². The number of carbonyl (C=O) groups excluding carboxylic acids is 2. The van der Waals surface area contributed by atoms with Gasteiger partial charge in [0, 0.05) is 19.2 Å². The zero-order valence-electron chi connectivity index (χ0n) is 13.7. The summed E-state index contributed by atoms with van der Waals surface area (Å²) < 4.78 is 0. The van der Waals surface area contributed by atoms with Gasteiger partial charge in [-0.1, -0.05) is 42.5 Å². The second kappa shape index (κ2) is 8.84. The monoisotopic (exact) mass is 326 g/mol. The second-order valence-electron chi connectivity index (χ2n) is 5.58. The highest BCUT2D eigenvalue weighted by Gasteiger charge is 2.14. The number of amides is 2. The van der Waals surface area contributed by atoms with Crippen LogP contribution in [0, 0.1) is 0 Å². The van der Waals surface area contributed by atoms with Gasteiger partial charge in [-0.15, -0.1) is 0 Å². The van der Waals surface area contributed by atoms with Crippen LogP contribution in [0.3, 0.4) is 0 Å². The van der Waals surface area contributed by atoms with Crippen LogP contribution >= 0.6 is 0 Å². The number of hydrogen-bond acceptors (Lipinski definition) is 3. The van der Waals surface area contributed by atoms with E-state index in [0.717, 1.165) is 11.1 Å². The molecular weight excluding hydrogens is 304 g/mol. The lowest BCUT2D eigenvalue weighted by molar-refractivity contribution is -0.132. The first-order valence-electron chi connectivity index (χ1n) is 7.87. The van der Waals surface area contributed by atoms with Crippen LogP contribution < -0.4 is 5.32 Å². The van der Waals surface area contributed by atoms with Crippen molar-refractivity contribution >= 4 is 17.5 Å². The van der Waals surface area contributed by atoms with Crippen LogP contribution in [0.5, 0.6) is 0 Å². The first-order valence-corrected chi connectivity index (χ1v) is 7.87. The highest BCUT2D eigenvalue weighted by atomic mass is 16.3. The quantitative estimate of drug-likeness (QED) is 0.819. The predicted molar refractivity (Wildman–Crippen MR) is 93.4 cm³/mol. The lowest BCUT2D eigenvalue weighted by Gasteiger charge is -2.20. The van der Waals surface area contributed by atoms with E-state index in [0.29, 0.717) is 18.7 Å². The van der Waals surface area contributed by atoms with Crippen LogP contribution in [0.15, 0.2) is 54.6 Å². The summed E-state index contributed by atoms with van der Waals surface area (Å²) in [5, 5.41) is 11.9. The summed E-state index contributed by atoms with van der Waals surface area (Å²) in [7, 11) is 0. The Hall–Kier alpha value is -2.66. The number of aliphatic hydroxyl groups excluding tert-OH is 1. The Morgan fingerprint density at radius 3 is 2.42 bits per heavy atom. The van der Waals surface area contributed by atoms with E-state index in [4.69, 9.17) is 5.11 Å². The van der Waals surface area contributed by atoms with Crippen molar-refractivity contribution in [2.75, 3.05) is 18.4 Å². The molecule has 0 aliphatic carbocycles. The molecule has 5 nitrogen and oxygen atoms in total. The fourth-order valence-electron chi connectivity index (χ4n) is 2.38. The van der Waals surface area contributed by atoms with Crippen LogP contribution in [0.1, 0.15) is 18.1 Å². The smallest absolute Gasteiger partial charge is 0.243 e. The topological polar surface area (TPSA) is 69.6 Å². The molecular formula is C19H22N2O3. The summed E-state index contributed by atoms with van der Waals surface area (Å²) in [6, 6.07) is 16.8. The Kier molecular flexibility index (Phi) is 6.51. The number of nitrogens with zero attached hydrogens (tertiary/aromatic N) is 1. The van der Waals surface area contributed by atoms with E-state index in [9.17, 15) is 9.59 Å². The molecule has 2 aromatic carbocycles. The van der Waals surface area contributed by atoms with E-state index in [1.807, 2.05) is 30.3 Å². The van der Waals surface area contributed by atoms with Gasteiger partial charge in [-0.2, -0.15) is 0 Å². The number of hydrogen-bond donors (Lipinski definition) is 2. The molecule has 0 unspecified atom stereocenters. The lowest BCUT2D eigenvalue weighted by Crippen LogP contribution is -2.38. The maximum atomic E-state index is 12.2. The van der Waals surface area contributed by atoms with Crippen molar-refractivity contribution in [3.63, 3.8) is 0 Å². The predicted octanol–water partition coefficient (Wildman–Crippen LogP) is 2.21. The number of carbonyl (C=O) groups is 2. The van der Waals surface area contributed by atoms with Crippen molar-refractivity contribution in [1.82, 2.24) is 4.90 Å². The zero-order chi connectivity index (χ0) is 17.4. The molecule has 0 saturated carbocycles. The molecule has 0 aliphatic rings. The number of anilines is 1. The average Bonchev–Trinajstić information content (AvgIpc) is 2.59. The molecule has 2 rings (SSSR count). The molecule has 2 amide bonds. The minimum atomic E-state index is -0.256. The summed E-state index contributed by atoms with van der Waals surface area (Å²) >= 11 is 0. The molecule has 0 aromatic heterocycles. The third kappa shape index (κ3) is 5.52. The first-order chi connectivity index (χ1) is 11.6. The Labute approximate surface area is 141 Å². The van der Waals surface area contributed by atoms with Crippen LogP contribution in [-0.2, 0) is 22.6 Å². The van der Waals surface area contributed by atoms with Crippen molar-refractivity contribution < 1.29 is 14.7 Å². The third-order valence-corrected chi connectivity index (χ3v) is 3.69. The number of rotatable bonds is 7. The number of aliphatic hydroxyl groups is 1. The highest BCUT2D eigenvalue weighted by molar-refractivity contribution is 5.94. The minimum absolute atomic E-state index is 0.00548. The minimum Gasteiger partial charge on any atom is -0.392 e. The summed E-state index contributed by atoms with van der Waals surface area (Å²) in [6.07, 6.45) is 0.702. The van der Waals surface area contributed by atoms with Crippen molar-refractivity contribution in [1.29, 1.82) is 0 Å². The van der Waals surface area contributed by atoms with Gasteiger partial charge in [0.05, 0.1) is 13.2 Å². The summed E-state index contributed by atoms with van der Waals surface area (Å²) in [5.41, 5.74) is 2.46. The van der Waals surface area contributed by atoms with Gasteiger partial charge in [-0.25, -0.2) is 0 Å². The standard InChI is InChI=1S/C19H22N2O3/c1-15(23)21(11-10-16-6-3-2-4-7-16)13-19(24)20-18-9-5-8-17(12-18)14-22/h2-9,12,22H,10-11,13-14H2,1H3,(H,20,24). The van der Waals surface area contributed by atoms with Crippen molar-refractivity contribution in [3.8, 4) is 0 Å². The number of benzene rings is 2. The number of nitrogens with one attached hydrogen (secondary N) is 1. The van der Waals surface area contributed by atoms with Gasteiger partial charge in [0.1, 0.15) is 0 Å². The molecule has 5 heteroatoms. The molecule has 0 aliphatic heterocycles. The van der Waals surface area contributed by atoms with Crippen molar-refractivity contribution in [3.05, 3.63) is 65.7 Å². The fourth-order valence-corrected chi connectivity index (χ4v) is 2.38. The maximum Gasteiger partial charge on any atom is 0.243 e. The molecule has 0 spiro atoms. The van der Waals surface area contributed by atoms with Crippen LogP contribution in [0.4, 0.5) is 5.69 Å². The van der Waals surface area contributed by atoms with E-state index in [-0.39, 0.29) is 25.0 Å². The zero-order valence-corrected chi connectivity index (χ0v) is 13.7. The summed E-state index contributed by atoms with van der Waals surface area (Å²) in [4.78, 5) is 25.5. The van der Waals surface area contributed by atoms with Crippen LogP contribution in [0.2, 0.25) is 0 Å². The molecule has 0 saturated heterocycles. The van der Waals surface area contributed by atoms with Gasteiger partial charge in [0.25, 0.3) is 0 Å². The third-order valence-electron chi connectivity index (χ3n) is 3.69.